The van der Waals surface area contributed by atoms with Crippen LogP contribution in [0, 0.1) is 0 Å². The fraction of sp³-hybridized carbons (Fsp3) is 0.500. The van der Waals surface area contributed by atoms with E-state index >= 15 is 0 Å². The third-order valence-corrected chi connectivity index (χ3v) is 3.34. The molecule has 1 amide bonds. The SMILES string of the molecule is CC(=O)Nc1ccn(C2COC(CP(=O)(O)O)O2)c(=O)n1. The largest absolute Gasteiger partial charge is 0.351 e. The molecule has 1 aliphatic heterocycles. The number of ether oxygens (including phenoxy) is 2. The molecule has 2 atom stereocenters. The van der Waals surface area contributed by atoms with Crippen molar-refractivity contribution in [1.82, 2.24) is 9.55 Å². The summed E-state index contributed by atoms with van der Waals surface area (Å²) in [5.41, 5.74) is -0.674. The van der Waals surface area contributed by atoms with Gasteiger partial charge in [-0.1, -0.05) is 0 Å². The zero-order valence-corrected chi connectivity index (χ0v) is 11.9. The molecule has 2 unspecified atom stereocenters. The van der Waals surface area contributed by atoms with E-state index in [-0.39, 0.29) is 18.3 Å². The van der Waals surface area contributed by atoms with Crippen molar-refractivity contribution in [2.45, 2.75) is 19.4 Å². The Hall–Kier alpha value is -1.58. The Kier molecular flexibility index (Phi) is 4.55. The predicted molar refractivity (Wildman–Crippen MR) is 69.6 cm³/mol. The van der Waals surface area contributed by atoms with Crippen molar-refractivity contribution in [3.63, 3.8) is 0 Å². The fourth-order valence-electron chi connectivity index (χ4n) is 1.76. The van der Waals surface area contributed by atoms with Crippen molar-refractivity contribution in [3.8, 4) is 0 Å². The molecule has 116 valence electrons. The molecule has 21 heavy (non-hydrogen) atoms. The van der Waals surface area contributed by atoms with Crippen molar-refractivity contribution in [2.24, 2.45) is 0 Å². The zero-order chi connectivity index (χ0) is 15.6. The molecule has 2 rings (SSSR count). The Morgan fingerprint density at radius 2 is 2.33 bits per heavy atom. The Morgan fingerprint density at radius 1 is 1.62 bits per heavy atom. The number of hydrogen-bond donors (Lipinski definition) is 3. The zero-order valence-electron chi connectivity index (χ0n) is 11.0. The molecular weight excluding hydrogens is 305 g/mol. The summed E-state index contributed by atoms with van der Waals surface area (Å²) in [5, 5.41) is 2.36. The lowest BCUT2D eigenvalue weighted by atomic mass is 10.5. The quantitative estimate of drug-likeness (QED) is 0.616. The second-order valence-corrected chi connectivity index (χ2v) is 6.08. The first-order chi connectivity index (χ1) is 9.74. The summed E-state index contributed by atoms with van der Waals surface area (Å²) < 4.78 is 22.3. The van der Waals surface area contributed by atoms with Crippen LogP contribution >= 0.6 is 7.60 Å². The van der Waals surface area contributed by atoms with Crippen molar-refractivity contribution in [2.75, 3.05) is 18.1 Å². The van der Waals surface area contributed by atoms with Crippen LogP contribution in [-0.4, -0.2) is 44.3 Å². The molecule has 1 aliphatic rings. The number of anilines is 1. The van der Waals surface area contributed by atoms with Gasteiger partial charge in [-0.15, -0.1) is 0 Å². The minimum atomic E-state index is -4.27. The van der Waals surface area contributed by atoms with Crippen LogP contribution in [-0.2, 0) is 18.8 Å². The first-order valence-electron chi connectivity index (χ1n) is 5.93. The van der Waals surface area contributed by atoms with E-state index in [0.29, 0.717) is 0 Å². The molecule has 2 heterocycles. The lowest BCUT2D eigenvalue weighted by Crippen LogP contribution is -2.29. The Labute approximate surface area is 118 Å². The summed E-state index contributed by atoms with van der Waals surface area (Å²) in [6, 6.07) is 1.41. The van der Waals surface area contributed by atoms with Gasteiger partial charge in [-0.2, -0.15) is 4.98 Å². The predicted octanol–water partition coefficient (Wildman–Crippen LogP) is -0.749. The Balaban J connectivity index is 2.08. The van der Waals surface area contributed by atoms with E-state index in [2.05, 4.69) is 10.3 Å². The van der Waals surface area contributed by atoms with Gasteiger partial charge in [-0.25, -0.2) is 4.79 Å². The van der Waals surface area contributed by atoms with E-state index in [4.69, 9.17) is 19.3 Å². The Morgan fingerprint density at radius 3 is 2.90 bits per heavy atom. The number of nitrogens with one attached hydrogen (secondary N) is 1. The average Bonchev–Trinajstić information content (AvgIpc) is 2.74. The number of carbonyl (C=O) groups is 1. The van der Waals surface area contributed by atoms with E-state index in [0.717, 1.165) is 4.57 Å². The van der Waals surface area contributed by atoms with Crippen LogP contribution in [0.3, 0.4) is 0 Å². The maximum Gasteiger partial charge on any atom is 0.351 e. The molecule has 10 nitrogen and oxygen atoms in total. The third-order valence-electron chi connectivity index (χ3n) is 2.56. The van der Waals surface area contributed by atoms with E-state index in [9.17, 15) is 14.2 Å². The van der Waals surface area contributed by atoms with Crippen LogP contribution in [0.1, 0.15) is 13.2 Å². The van der Waals surface area contributed by atoms with Gasteiger partial charge in [0.1, 0.15) is 12.0 Å². The van der Waals surface area contributed by atoms with Crippen LogP contribution in [0.4, 0.5) is 5.82 Å². The van der Waals surface area contributed by atoms with E-state index in [1.54, 1.807) is 0 Å². The number of hydrogen-bond acceptors (Lipinski definition) is 6. The molecule has 0 bridgehead atoms. The highest BCUT2D eigenvalue weighted by atomic mass is 31.2. The van der Waals surface area contributed by atoms with Crippen molar-refractivity contribution in [1.29, 1.82) is 0 Å². The summed E-state index contributed by atoms with van der Waals surface area (Å²) >= 11 is 0. The van der Waals surface area contributed by atoms with Gasteiger partial charge in [-0.05, 0) is 6.07 Å². The molecule has 0 aromatic carbocycles. The second kappa shape index (κ2) is 6.04. The van der Waals surface area contributed by atoms with Crippen LogP contribution in [0.5, 0.6) is 0 Å². The van der Waals surface area contributed by atoms with Crippen LogP contribution in [0.25, 0.3) is 0 Å². The number of rotatable bonds is 4. The van der Waals surface area contributed by atoms with Crippen LogP contribution in [0.2, 0.25) is 0 Å². The summed E-state index contributed by atoms with van der Waals surface area (Å²) in [6.45, 7) is 1.25. The Bertz CT molecular complexity index is 640. The van der Waals surface area contributed by atoms with Crippen molar-refractivity contribution >= 4 is 19.3 Å². The molecule has 0 saturated carbocycles. The second-order valence-electron chi connectivity index (χ2n) is 4.38. The average molecular weight is 319 g/mol. The maximum absolute atomic E-state index is 11.8. The lowest BCUT2D eigenvalue weighted by Gasteiger charge is -2.14. The number of aromatic nitrogens is 2. The van der Waals surface area contributed by atoms with Gasteiger partial charge >= 0.3 is 13.3 Å². The van der Waals surface area contributed by atoms with E-state index in [1.165, 1.54) is 19.2 Å². The molecule has 0 spiro atoms. The number of nitrogens with zero attached hydrogens (tertiary/aromatic N) is 2. The molecule has 1 saturated heterocycles. The van der Waals surface area contributed by atoms with Crippen molar-refractivity contribution in [3.05, 3.63) is 22.7 Å². The maximum atomic E-state index is 11.8. The molecule has 0 aliphatic carbocycles. The van der Waals surface area contributed by atoms with Gasteiger partial charge in [0.25, 0.3) is 0 Å². The highest BCUT2D eigenvalue weighted by Gasteiger charge is 2.33. The van der Waals surface area contributed by atoms with E-state index < -0.39 is 32.0 Å². The minimum absolute atomic E-state index is 0.0360. The summed E-state index contributed by atoms with van der Waals surface area (Å²) in [6.07, 6.45) is -1.14. The lowest BCUT2D eigenvalue weighted by molar-refractivity contribution is -0.114. The molecule has 0 radical (unpaired) electrons. The standard InChI is InChI=1S/C10H14N3O7P/c1-6(14)11-7-2-3-13(10(15)12-7)8-4-19-9(20-8)5-21(16,17)18/h2-3,8-9H,4-5H2,1H3,(H2,16,17,18)(H,11,12,14,15). The summed E-state index contributed by atoms with van der Waals surface area (Å²) in [5.74, 6) is -0.253. The topological polar surface area (TPSA) is 140 Å². The summed E-state index contributed by atoms with van der Waals surface area (Å²) in [7, 11) is -4.27. The van der Waals surface area contributed by atoms with Gasteiger partial charge in [0.2, 0.25) is 5.91 Å². The van der Waals surface area contributed by atoms with Crippen LogP contribution < -0.4 is 11.0 Å². The van der Waals surface area contributed by atoms with Crippen molar-refractivity contribution < 1.29 is 28.6 Å². The van der Waals surface area contributed by atoms with Gasteiger partial charge < -0.3 is 24.6 Å². The molecule has 1 aromatic rings. The van der Waals surface area contributed by atoms with Gasteiger partial charge in [-0.3, -0.25) is 13.9 Å². The first kappa shape index (κ1) is 15.8. The van der Waals surface area contributed by atoms with Gasteiger partial charge in [0.15, 0.2) is 12.5 Å². The molecule has 1 aromatic heterocycles. The highest BCUT2D eigenvalue weighted by molar-refractivity contribution is 7.51. The number of carbonyl (C=O) groups excluding carboxylic acids is 1. The molecule has 3 N–H and O–H groups in total. The number of amides is 1. The van der Waals surface area contributed by atoms with Gasteiger partial charge in [0, 0.05) is 13.1 Å². The molecule has 11 heteroatoms. The first-order valence-corrected chi connectivity index (χ1v) is 7.73. The van der Waals surface area contributed by atoms with Crippen LogP contribution in [0.15, 0.2) is 17.1 Å². The summed E-state index contributed by atoms with van der Waals surface area (Å²) in [4.78, 5) is 44.0. The highest BCUT2D eigenvalue weighted by Crippen LogP contribution is 2.38. The fourth-order valence-corrected chi connectivity index (χ4v) is 2.34. The monoisotopic (exact) mass is 319 g/mol. The third kappa shape index (κ3) is 4.45. The van der Waals surface area contributed by atoms with E-state index in [1.807, 2.05) is 0 Å². The smallest absolute Gasteiger partial charge is 0.347 e. The van der Waals surface area contributed by atoms with Gasteiger partial charge in [0.05, 0.1) is 6.61 Å². The molecule has 1 fully saturated rings. The molecular formula is C10H14N3O7P. The normalized spacial score (nSPS) is 22.2. The minimum Gasteiger partial charge on any atom is -0.347 e.